The molecule has 0 radical (unpaired) electrons. The molecule has 1 atom stereocenters. The highest BCUT2D eigenvalue weighted by Crippen LogP contribution is 2.31. The van der Waals surface area contributed by atoms with Crippen molar-refractivity contribution in [2.24, 2.45) is 0 Å². The quantitative estimate of drug-likeness (QED) is 0.786. The molecule has 2 aromatic carbocycles. The third-order valence-corrected chi connectivity index (χ3v) is 4.60. The number of aryl methyl sites for hydroxylation is 1. The number of nitrogens with zero attached hydrogens (tertiary/aromatic N) is 4. The van der Waals surface area contributed by atoms with Crippen LogP contribution in [0.15, 0.2) is 67.1 Å². The second kappa shape index (κ2) is 6.51. The van der Waals surface area contributed by atoms with Crippen LogP contribution in [-0.4, -0.2) is 22.0 Å². The minimum atomic E-state index is -0.488. The number of rotatable bonds is 3. The topological polar surface area (TPSA) is 55.2 Å². The van der Waals surface area contributed by atoms with Crippen molar-refractivity contribution in [2.75, 3.05) is 7.05 Å². The summed E-state index contributed by atoms with van der Waals surface area (Å²) in [6.07, 6.45) is 5.58. The second-order valence-electron chi connectivity index (χ2n) is 6.43. The van der Waals surface area contributed by atoms with Gasteiger partial charge in [-0.05, 0) is 18.4 Å². The first kappa shape index (κ1) is 16.1. The van der Waals surface area contributed by atoms with Crippen LogP contribution >= 0.6 is 0 Å². The van der Waals surface area contributed by atoms with Gasteiger partial charge in [-0.15, -0.1) is 5.53 Å². The molecule has 1 aromatic heterocycles. The fourth-order valence-electron chi connectivity index (χ4n) is 3.32. The standard InChI is InChI=1S/C21H19N5/c1-15-6-5-8-16(10-15)21-14-26(24-25(21)2)20(11-22)19-13-23-12-17-7-3-4-9-18(17)19/h3-10,12-14,20,24H,1-2H3. The predicted octanol–water partition coefficient (Wildman–Crippen LogP) is 3.77. The maximum Gasteiger partial charge on any atom is 0.160 e. The first-order chi connectivity index (χ1) is 12.7. The Morgan fingerprint density at radius 2 is 1.96 bits per heavy atom. The molecule has 128 valence electrons. The van der Waals surface area contributed by atoms with Crippen LogP contribution in [0.1, 0.15) is 22.7 Å². The summed E-state index contributed by atoms with van der Waals surface area (Å²) in [7, 11) is 1.95. The first-order valence-electron chi connectivity index (χ1n) is 8.47. The van der Waals surface area contributed by atoms with E-state index in [1.54, 1.807) is 6.20 Å². The van der Waals surface area contributed by atoms with Crippen molar-refractivity contribution in [2.45, 2.75) is 13.0 Å². The number of nitriles is 1. The van der Waals surface area contributed by atoms with E-state index in [2.05, 4.69) is 41.7 Å². The van der Waals surface area contributed by atoms with Crippen LogP contribution in [0.25, 0.3) is 16.5 Å². The molecule has 3 aromatic rings. The van der Waals surface area contributed by atoms with Crippen molar-refractivity contribution in [3.63, 3.8) is 0 Å². The molecule has 26 heavy (non-hydrogen) atoms. The van der Waals surface area contributed by atoms with E-state index in [4.69, 9.17) is 0 Å². The largest absolute Gasteiger partial charge is 0.292 e. The summed E-state index contributed by atoms with van der Waals surface area (Å²) in [5, 5.41) is 15.7. The molecule has 1 unspecified atom stereocenters. The molecule has 0 spiro atoms. The van der Waals surface area contributed by atoms with Gasteiger partial charge in [0.2, 0.25) is 0 Å². The second-order valence-corrected chi connectivity index (χ2v) is 6.43. The molecule has 0 bridgehead atoms. The third kappa shape index (κ3) is 2.77. The number of fused-ring (bicyclic) bond motifs is 1. The lowest BCUT2D eigenvalue weighted by Crippen LogP contribution is -2.39. The van der Waals surface area contributed by atoms with Crippen LogP contribution in [0.2, 0.25) is 0 Å². The highest BCUT2D eigenvalue weighted by Gasteiger charge is 2.27. The van der Waals surface area contributed by atoms with E-state index >= 15 is 0 Å². The maximum absolute atomic E-state index is 9.88. The number of hydrogen-bond donors (Lipinski definition) is 1. The van der Waals surface area contributed by atoms with Crippen LogP contribution < -0.4 is 5.53 Å². The smallest absolute Gasteiger partial charge is 0.160 e. The van der Waals surface area contributed by atoms with Gasteiger partial charge in [-0.1, -0.05) is 48.0 Å². The Balaban J connectivity index is 1.75. The van der Waals surface area contributed by atoms with Gasteiger partial charge >= 0.3 is 0 Å². The minimum absolute atomic E-state index is 0.488. The first-order valence-corrected chi connectivity index (χ1v) is 8.47. The van der Waals surface area contributed by atoms with E-state index in [0.717, 1.165) is 27.6 Å². The molecule has 0 saturated heterocycles. The van der Waals surface area contributed by atoms with Gasteiger partial charge in [0.15, 0.2) is 6.04 Å². The highest BCUT2D eigenvalue weighted by molar-refractivity contribution is 5.85. The van der Waals surface area contributed by atoms with Crippen LogP contribution in [-0.2, 0) is 0 Å². The van der Waals surface area contributed by atoms with Crippen molar-refractivity contribution in [1.29, 1.82) is 5.26 Å². The van der Waals surface area contributed by atoms with Gasteiger partial charge < -0.3 is 0 Å². The van der Waals surface area contributed by atoms with E-state index in [1.807, 2.05) is 59.8 Å². The molecule has 0 aliphatic carbocycles. The molecule has 0 fully saturated rings. The summed E-state index contributed by atoms with van der Waals surface area (Å²) in [4.78, 5) is 4.32. The monoisotopic (exact) mass is 341 g/mol. The summed E-state index contributed by atoms with van der Waals surface area (Å²) in [5.41, 5.74) is 7.46. The lowest BCUT2D eigenvalue weighted by molar-refractivity contribution is 0.143. The Bertz CT molecular complexity index is 1030. The zero-order valence-electron chi connectivity index (χ0n) is 14.7. The van der Waals surface area contributed by atoms with Crippen molar-refractivity contribution < 1.29 is 0 Å². The van der Waals surface area contributed by atoms with Crippen LogP contribution in [0.5, 0.6) is 0 Å². The van der Waals surface area contributed by atoms with Crippen molar-refractivity contribution in [3.8, 4) is 6.07 Å². The number of aromatic nitrogens is 1. The highest BCUT2D eigenvalue weighted by atomic mass is 15.8. The summed E-state index contributed by atoms with van der Waals surface area (Å²) in [6, 6.07) is 18.2. The zero-order chi connectivity index (χ0) is 18.1. The van der Waals surface area contributed by atoms with E-state index < -0.39 is 6.04 Å². The van der Waals surface area contributed by atoms with Crippen LogP contribution in [0.4, 0.5) is 0 Å². The Morgan fingerprint density at radius 3 is 2.77 bits per heavy atom. The number of benzene rings is 2. The van der Waals surface area contributed by atoms with E-state index in [0.29, 0.717) is 0 Å². The predicted molar refractivity (Wildman–Crippen MR) is 102 cm³/mol. The molecule has 1 N–H and O–H groups in total. The van der Waals surface area contributed by atoms with Gasteiger partial charge in [0, 0.05) is 42.2 Å². The number of pyridine rings is 1. The molecule has 2 heterocycles. The molecule has 1 aliphatic heterocycles. The average molecular weight is 341 g/mol. The van der Waals surface area contributed by atoms with Gasteiger partial charge in [-0.2, -0.15) is 5.26 Å². The minimum Gasteiger partial charge on any atom is -0.292 e. The summed E-state index contributed by atoms with van der Waals surface area (Å²) >= 11 is 0. The van der Waals surface area contributed by atoms with E-state index in [1.165, 1.54) is 5.56 Å². The molecular weight excluding hydrogens is 322 g/mol. The molecule has 5 heteroatoms. The van der Waals surface area contributed by atoms with Gasteiger partial charge in [0.1, 0.15) is 0 Å². The van der Waals surface area contributed by atoms with E-state index in [9.17, 15) is 5.26 Å². The van der Waals surface area contributed by atoms with Crippen molar-refractivity contribution in [1.82, 2.24) is 20.5 Å². The summed E-state index contributed by atoms with van der Waals surface area (Å²) < 4.78 is 0. The molecule has 0 amide bonds. The molecular formula is C21H19N5. The summed E-state index contributed by atoms with van der Waals surface area (Å²) in [5.74, 6) is 0. The molecule has 1 aliphatic rings. The third-order valence-electron chi connectivity index (χ3n) is 4.60. The maximum atomic E-state index is 9.88. The van der Waals surface area contributed by atoms with Crippen LogP contribution in [0.3, 0.4) is 0 Å². The number of nitrogens with one attached hydrogen (secondary N) is 1. The van der Waals surface area contributed by atoms with Crippen LogP contribution in [0, 0.1) is 18.3 Å². The van der Waals surface area contributed by atoms with Crippen molar-refractivity contribution >= 4 is 16.5 Å². The van der Waals surface area contributed by atoms with E-state index in [-0.39, 0.29) is 0 Å². The average Bonchev–Trinajstić information content (AvgIpc) is 3.04. The van der Waals surface area contributed by atoms with Gasteiger partial charge in [0.05, 0.1) is 11.8 Å². The normalized spacial score (nSPS) is 15.0. The number of hydrazine groups is 2. The molecule has 4 rings (SSSR count). The Kier molecular flexibility index (Phi) is 4.04. The van der Waals surface area contributed by atoms with Crippen molar-refractivity contribution in [3.05, 3.63) is 83.8 Å². The lowest BCUT2D eigenvalue weighted by Gasteiger charge is -2.25. The lowest BCUT2D eigenvalue weighted by atomic mass is 10.0. The van der Waals surface area contributed by atoms with Gasteiger partial charge in [-0.3, -0.25) is 15.0 Å². The van der Waals surface area contributed by atoms with Gasteiger partial charge in [-0.25, -0.2) is 0 Å². The van der Waals surface area contributed by atoms with Gasteiger partial charge in [0.25, 0.3) is 0 Å². The fourth-order valence-corrected chi connectivity index (χ4v) is 3.32. The SMILES string of the molecule is Cc1cccc(C2=CN(C(C#N)c3cncc4ccccc34)NN2C)c1. The summed E-state index contributed by atoms with van der Waals surface area (Å²) in [6.45, 7) is 2.07. The Morgan fingerprint density at radius 1 is 1.12 bits per heavy atom. The molecule has 0 saturated carbocycles. The Hall–Kier alpha value is -3.36. The molecule has 5 nitrogen and oxygen atoms in total. The zero-order valence-corrected chi connectivity index (χ0v) is 14.7. The Labute approximate surface area is 152 Å². The fraction of sp³-hybridized carbons (Fsp3) is 0.143. The number of hydrogen-bond acceptors (Lipinski definition) is 5.